The minimum Gasteiger partial charge on any atom is -0.496 e. The van der Waals surface area contributed by atoms with Crippen LogP contribution in [0.5, 0.6) is 5.75 Å². The number of hydrogen-bond donors (Lipinski definition) is 0. The zero-order valence-electron chi connectivity index (χ0n) is 10.8. The second-order valence-electron chi connectivity index (χ2n) is 4.22. The van der Waals surface area contributed by atoms with Crippen LogP contribution in [-0.4, -0.2) is 12.1 Å². The van der Waals surface area contributed by atoms with Crippen molar-refractivity contribution in [1.29, 1.82) is 0 Å². The van der Waals surface area contributed by atoms with E-state index in [0.29, 0.717) is 0 Å². The molecule has 0 saturated heterocycles. The Morgan fingerprint density at radius 2 is 1.70 bits per heavy atom. The van der Waals surface area contributed by atoms with E-state index in [1.54, 1.807) is 18.4 Å². The van der Waals surface area contributed by atoms with Crippen molar-refractivity contribution in [3.63, 3.8) is 0 Å². The highest BCUT2D eigenvalue weighted by Crippen LogP contribution is 2.35. The number of thiazole rings is 1. The summed E-state index contributed by atoms with van der Waals surface area (Å²) in [6.07, 6.45) is 0. The van der Waals surface area contributed by atoms with Gasteiger partial charge in [0.15, 0.2) is 0 Å². The number of para-hydroxylation sites is 1. The van der Waals surface area contributed by atoms with E-state index < -0.39 is 0 Å². The van der Waals surface area contributed by atoms with Gasteiger partial charge in [0.25, 0.3) is 0 Å². The molecule has 100 valence electrons. The Labute approximate surface area is 130 Å². The lowest BCUT2D eigenvalue weighted by Crippen LogP contribution is -1.87. The van der Waals surface area contributed by atoms with Gasteiger partial charge in [-0.1, -0.05) is 46.3 Å². The van der Waals surface area contributed by atoms with E-state index in [9.17, 15) is 0 Å². The molecule has 0 bridgehead atoms. The molecule has 0 atom stereocenters. The highest BCUT2D eigenvalue weighted by Gasteiger charge is 2.11. The summed E-state index contributed by atoms with van der Waals surface area (Å²) in [4.78, 5) is 4.73. The minimum atomic E-state index is 0.844. The molecule has 0 unspecified atom stereocenters. The number of benzene rings is 2. The van der Waals surface area contributed by atoms with Gasteiger partial charge in [0.1, 0.15) is 10.8 Å². The monoisotopic (exact) mass is 345 g/mol. The Morgan fingerprint density at radius 1 is 1.00 bits per heavy atom. The molecule has 0 aliphatic rings. The summed E-state index contributed by atoms with van der Waals surface area (Å²) in [5.74, 6) is 0.844. The van der Waals surface area contributed by atoms with Gasteiger partial charge in [0.2, 0.25) is 0 Å². The smallest absolute Gasteiger partial charge is 0.128 e. The Bertz CT molecular complexity index is 739. The van der Waals surface area contributed by atoms with Gasteiger partial charge in [-0.2, -0.15) is 0 Å². The van der Waals surface area contributed by atoms with Gasteiger partial charge in [-0.15, -0.1) is 11.3 Å². The lowest BCUT2D eigenvalue weighted by molar-refractivity contribution is 0.416. The molecule has 0 fully saturated rings. The zero-order valence-corrected chi connectivity index (χ0v) is 13.2. The first-order valence-corrected chi connectivity index (χ1v) is 7.80. The average Bonchev–Trinajstić information content (AvgIpc) is 2.97. The molecule has 20 heavy (non-hydrogen) atoms. The largest absolute Gasteiger partial charge is 0.496 e. The lowest BCUT2D eigenvalue weighted by atomic mass is 10.1. The number of nitrogens with zero attached hydrogens (tertiary/aromatic N) is 1. The van der Waals surface area contributed by atoms with Crippen molar-refractivity contribution in [1.82, 2.24) is 4.98 Å². The maximum absolute atomic E-state index is 5.39. The lowest BCUT2D eigenvalue weighted by Gasteiger charge is -2.05. The molecule has 3 rings (SSSR count). The van der Waals surface area contributed by atoms with E-state index >= 15 is 0 Å². The SMILES string of the molecule is COc1ccccc1-c1csc(-c2ccccc2Br)n1. The van der Waals surface area contributed by atoms with Crippen LogP contribution in [0.25, 0.3) is 21.8 Å². The first-order valence-electron chi connectivity index (χ1n) is 6.13. The van der Waals surface area contributed by atoms with Crippen molar-refractivity contribution in [2.24, 2.45) is 0 Å². The summed E-state index contributed by atoms with van der Waals surface area (Å²) >= 11 is 5.20. The van der Waals surface area contributed by atoms with E-state index in [4.69, 9.17) is 9.72 Å². The van der Waals surface area contributed by atoms with Gasteiger partial charge >= 0.3 is 0 Å². The summed E-state index contributed by atoms with van der Waals surface area (Å²) in [6.45, 7) is 0. The normalized spacial score (nSPS) is 10.5. The van der Waals surface area contributed by atoms with Gasteiger partial charge in [-0.05, 0) is 18.2 Å². The van der Waals surface area contributed by atoms with Crippen LogP contribution in [0.2, 0.25) is 0 Å². The highest BCUT2D eigenvalue weighted by atomic mass is 79.9. The topological polar surface area (TPSA) is 22.1 Å². The van der Waals surface area contributed by atoms with Gasteiger partial charge in [-0.25, -0.2) is 4.98 Å². The molecule has 2 aromatic carbocycles. The van der Waals surface area contributed by atoms with Crippen molar-refractivity contribution in [2.45, 2.75) is 0 Å². The molecule has 0 amide bonds. The number of halogens is 1. The Kier molecular flexibility index (Phi) is 3.85. The zero-order chi connectivity index (χ0) is 13.9. The van der Waals surface area contributed by atoms with E-state index in [1.807, 2.05) is 42.5 Å². The van der Waals surface area contributed by atoms with E-state index in [-0.39, 0.29) is 0 Å². The van der Waals surface area contributed by atoms with Crippen LogP contribution < -0.4 is 4.74 Å². The Balaban J connectivity index is 2.05. The number of aromatic nitrogens is 1. The molecule has 0 spiro atoms. The van der Waals surface area contributed by atoms with E-state index in [0.717, 1.165) is 32.1 Å². The molecule has 0 N–H and O–H groups in total. The maximum Gasteiger partial charge on any atom is 0.128 e. The summed E-state index contributed by atoms with van der Waals surface area (Å²) in [5, 5.41) is 3.06. The fraction of sp³-hybridized carbons (Fsp3) is 0.0625. The second kappa shape index (κ2) is 5.77. The van der Waals surface area contributed by atoms with E-state index in [1.165, 1.54) is 0 Å². The van der Waals surface area contributed by atoms with Crippen molar-refractivity contribution in [3.8, 4) is 27.6 Å². The molecule has 1 heterocycles. The van der Waals surface area contributed by atoms with Crippen LogP contribution in [0.3, 0.4) is 0 Å². The standard InChI is InChI=1S/C16H12BrNOS/c1-19-15-9-5-3-7-12(15)14-10-20-16(18-14)11-6-2-4-8-13(11)17/h2-10H,1H3. The third-order valence-electron chi connectivity index (χ3n) is 2.99. The number of methoxy groups -OCH3 is 1. The van der Waals surface area contributed by atoms with Crippen LogP contribution in [0, 0.1) is 0 Å². The summed E-state index contributed by atoms with van der Waals surface area (Å²) < 4.78 is 6.45. The molecular formula is C16H12BrNOS. The van der Waals surface area contributed by atoms with Crippen molar-refractivity contribution in [3.05, 3.63) is 58.4 Å². The van der Waals surface area contributed by atoms with Crippen molar-refractivity contribution >= 4 is 27.3 Å². The molecule has 3 aromatic rings. The number of ether oxygens (including phenoxy) is 1. The van der Waals surface area contributed by atoms with E-state index in [2.05, 4.69) is 27.4 Å². The predicted molar refractivity (Wildman–Crippen MR) is 87.2 cm³/mol. The Morgan fingerprint density at radius 3 is 2.45 bits per heavy atom. The molecular weight excluding hydrogens is 334 g/mol. The Hall–Kier alpha value is -1.65. The predicted octanol–water partition coefficient (Wildman–Crippen LogP) is 5.25. The maximum atomic E-state index is 5.39. The van der Waals surface area contributed by atoms with Crippen molar-refractivity contribution in [2.75, 3.05) is 7.11 Å². The molecule has 2 nitrogen and oxygen atoms in total. The molecule has 0 aliphatic heterocycles. The summed E-state index contributed by atoms with van der Waals surface area (Å²) in [6, 6.07) is 16.0. The van der Waals surface area contributed by atoms with Gasteiger partial charge in [0, 0.05) is 21.0 Å². The summed E-state index contributed by atoms with van der Waals surface area (Å²) in [5.41, 5.74) is 3.07. The first-order chi connectivity index (χ1) is 9.79. The third kappa shape index (κ3) is 2.49. The van der Waals surface area contributed by atoms with Gasteiger partial charge in [-0.3, -0.25) is 0 Å². The third-order valence-corrected chi connectivity index (χ3v) is 4.56. The van der Waals surface area contributed by atoms with Crippen LogP contribution >= 0.6 is 27.3 Å². The minimum absolute atomic E-state index is 0.844. The molecule has 0 saturated carbocycles. The summed E-state index contributed by atoms with van der Waals surface area (Å²) in [7, 11) is 1.68. The molecule has 4 heteroatoms. The van der Waals surface area contributed by atoms with Gasteiger partial charge in [0.05, 0.1) is 12.8 Å². The number of rotatable bonds is 3. The molecule has 0 aliphatic carbocycles. The average molecular weight is 346 g/mol. The van der Waals surface area contributed by atoms with Crippen LogP contribution in [0.15, 0.2) is 58.4 Å². The second-order valence-corrected chi connectivity index (χ2v) is 5.93. The molecule has 1 aromatic heterocycles. The van der Waals surface area contributed by atoms with Crippen LogP contribution in [-0.2, 0) is 0 Å². The van der Waals surface area contributed by atoms with Gasteiger partial charge < -0.3 is 4.74 Å². The quantitative estimate of drug-likeness (QED) is 0.646. The molecule has 0 radical (unpaired) electrons. The van der Waals surface area contributed by atoms with Crippen LogP contribution in [0.1, 0.15) is 0 Å². The first kappa shape index (κ1) is 13.3. The number of hydrogen-bond acceptors (Lipinski definition) is 3. The highest BCUT2D eigenvalue weighted by molar-refractivity contribution is 9.10. The van der Waals surface area contributed by atoms with Crippen molar-refractivity contribution < 1.29 is 4.74 Å². The fourth-order valence-corrected chi connectivity index (χ4v) is 3.47. The fourth-order valence-electron chi connectivity index (χ4n) is 2.01. The van der Waals surface area contributed by atoms with Crippen LogP contribution in [0.4, 0.5) is 0 Å².